The normalized spacial score (nSPS) is 25.7. The van der Waals surface area contributed by atoms with Gasteiger partial charge in [0, 0.05) is 0 Å². The van der Waals surface area contributed by atoms with E-state index in [1.807, 2.05) is 0 Å². The largest absolute Gasteiger partial charge is 0.509 e. The molecule has 15 heavy (non-hydrogen) atoms. The molecule has 6 heteroatoms. The van der Waals surface area contributed by atoms with Crippen LogP contribution in [0.25, 0.3) is 0 Å². The van der Waals surface area contributed by atoms with Crippen molar-refractivity contribution in [3.8, 4) is 0 Å². The summed E-state index contributed by atoms with van der Waals surface area (Å²) in [4.78, 5) is 21.5. The number of carboxylic acids is 1. The first kappa shape index (κ1) is 12.1. The number of alkyl halides is 1. The van der Waals surface area contributed by atoms with Crippen molar-refractivity contribution < 1.29 is 24.2 Å². The topological polar surface area (TPSA) is 72.8 Å². The number of carbonyl (C=O) groups is 2. The van der Waals surface area contributed by atoms with Gasteiger partial charge in [-0.2, -0.15) is 0 Å². The van der Waals surface area contributed by atoms with Crippen molar-refractivity contribution in [2.24, 2.45) is 5.92 Å². The molecule has 0 saturated heterocycles. The Morgan fingerprint density at radius 1 is 1.27 bits per heavy atom. The molecule has 0 aromatic carbocycles. The SMILES string of the molecule is O=C(OCCl)OC1CCC(C(=O)O)CC1. The molecule has 0 bridgehead atoms. The molecule has 5 nitrogen and oxygen atoms in total. The molecule has 0 spiro atoms. The van der Waals surface area contributed by atoms with Crippen LogP contribution < -0.4 is 0 Å². The van der Waals surface area contributed by atoms with Gasteiger partial charge >= 0.3 is 12.1 Å². The Morgan fingerprint density at radius 3 is 2.33 bits per heavy atom. The molecule has 1 fully saturated rings. The van der Waals surface area contributed by atoms with Crippen molar-refractivity contribution in [2.75, 3.05) is 6.07 Å². The lowest BCUT2D eigenvalue weighted by molar-refractivity contribution is -0.143. The average molecular weight is 237 g/mol. The third-order valence-corrected chi connectivity index (χ3v) is 2.57. The lowest BCUT2D eigenvalue weighted by Crippen LogP contribution is -2.28. The van der Waals surface area contributed by atoms with Crippen LogP contribution >= 0.6 is 11.6 Å². The number of ether oxygens (including phenoxy) is 2. The van der Waals surface area contributed by atoms with Crippen LogP contribution in [-0.2, 0) is 14.3 Å². The molecule has 0 amide bonds. The van der Waals surface area contributed by atoms with E-state index in [0.29, 0.717) is 25.7 Å². The van der Waals surface area contributed by atoms with Gasteiger partial charge in [-0.3, -0.25) is 4.79 Å². The molecule has 0 aliphatic heterocycles. The Balaban J connectivity index is 2.25. The molecule has 86 valence electrons. The molecule has 1 aliphatic carbocycles. The molecule has 0 unspecified atom stereocenters. The Kier molecular flexibility index (Phi) is 4.68. The molecule has 0 aromatic rings. The van der Waals surface area contributed by atoms with E-state index in [4.69, 9.17) is 21.4 Å². The average Bonchev–Trinajstić information content (AvgIpc) is 2.18. The maximum absolute atomic E-state index is 10.9. The highest BCUT2D eigenvalue weighted by Gasteiger charge is 2.28. The van der Waals surface area contributed by atoms with Crippen molar-refractivity contribution in [1.82, 2.24) is 0 Å². The van der Waals surface area contributed by atoms with E-state index in [0.717, 1.165) is 0 Å². The molecule has 1 N–H and O–H groups in total. The van der Waals surface area contributed by atoms with Gasteiger partial charge in [0.05, 0.1) is 5.92 Å². The third-order valence-electron chi connectivity index (χ3n) is 2.46. The van der Waals surface area contributed by atoms with Crippen molar-refractivity contribution in [3.63, 3.8) is 0 Å². The standard InChI is InChI=1S/C9H13ClO5/c10-5-14-9(13)15-7-3-1-6(2-4-7)8(11)12/h6-7H,1-5H2,(H,11,12). The molecule has 1 aliphatic rings. The number of hydrogen-bond donors (Lipinski definition) is 1. The maximum Gasteiger partial charge on any atom is 0.509 e. The minimum Gasteiger partial charge on any atom is -0.481 e. The van der Waals surface area contributed by atoms with Gasteiger partial charge in [-0.15, -0.1) is 0 Å². The summed E-state index contributed by atoms with van der Waals surface area (Å²) in [7, 11) is 0. The highest BCUT2D eigenvalue weighted by Crippen LogP contribution is 2.26. The summed E-state index contributed by atoms with van der Waals surface area (Å²) >= 11 is 5.18. The number of rotatable bonds is 3. The van der Waals surface area contributed by atoms with E-state index >= 15 is 0 Å². The van der Waals surface area contributed by atoms with Crippen molar-refractivity contribution in [3.05, 3.63) is 0 Å². The van der Waals surface area contributed by atoms with Crippen LogP contribution in [0.4, 0.5) is 4.79 Å². The summed E-state index contributed by atoms with van der Waals surface area (Å²) in [5.74, 6) is -1.09. The smallest absolute Gasteiger partial charge is 0.481 e. The molecule has 0 heterocycles. The van der Waals surface area contributed by atoms with Gasteiger partial charge in [-0.25, -0.2) is 4.79 Å². The lowest BCUT2D eigenvalue weighted by Gasteiger charge is -2.25. The fraction of sp³-hybridized carbons (Fsp3) is 0.778. The molecular weight excluding hydrogens is 224 g/mol. The van der Waals surface area contributed by atoms with Crippen LogP contribution in [0.15, 0.2) is 0 Å². The van der Waals surface area contributed by atoms with Crippen LogP contribution in [0, 0.1) is 5.92 Å². The Labute approximate surface area is 92.3 Å². The zero-order valence-electron chi connectivity index (χ0n) is 8.15. The van der Waals surface area contributed by atoms with Crippen LogP contribution in [0.3, 0.4) is 0 Å². The van der Waals surface area contributed by atoms with Gasteiger partial charge in [-0.1, -0.05) is 11.6 Å². The zero-order valence-corrected chi connectivity index (χ0v) is 8.90. The van der Waals surface area contributed by atoms with Gasteiger partial charge in [0.2, 0.25) is 0 Å². The quantitative estimate of drug-likeness (QED) is 0.599. The number of carboxylic acid groups (broad SMARTS) is 1. The lowest BCUT2D eigenvalue weighted by atomic mass is 9.87. The van der Waals surface area contributed by atoms with Crippen LogP contribution in [0.1, 0.15) is 25.7 Å². The number of halogens is 1. The predicted molar refractivity (Wildman–Crippen MR) is 51.7 cm³/mol. The molecule has 1 saturated carbocycles. The maximum atomic E-state index is 10.9. The Morgan fingerprint density at radius 2 is 1.87 bits per heavy atom. The van der Waals surface area contributed by atoms with Gasteiger partial charge < -0.3 is 14.6 Å². The zero-order chi connectivity index (χ0) is 11.3. The first-order valence-electron chi connectivity index (χ1n) is 4.75. The van der Waals surface area contributed by atoms with Crippen molar-refractivity contribution >= 4 is 23.7 Å². The fourth-order valence-electron chi connectivity index (χ4n) is 1.64. The number of hydrogen-bond acceptors (Lipinski definition) is 4. The summed E-state index contributed by atoms with van der Waals surface area (Å²) in [6, 6.07) is -0.233. The van der Waals surface area contributed by atoms with E-state index in [1.165, 1.54) is 0 Å². The predicted octanol–water partition coefficient (Wildman–Crippen LogP) is 1.98. The van der Waals surface area contributed by atoms with Gasteiger partial charge in [0.15, 0.2) is 6.07 Å². The molecule has 0 atom stereocenters. The molecule has 0 radical (unpaired) electrons. The number of aliphatic carboxylic acids is 1. The van der Waals surface area contributed by atoms with E-state index in [-0.39, 0.29) is 18.1 Å². The third kappa shape index (κ3) is 3.95. The summed E-state index contributed by atoms with van der Waals surface area (Å²) < 4.78 is 9.33. The minimum absolute atomic E-state index is 0.233. The molecule has 1 rings (SSSR count). The van der Waals surface area contributed by atoms with Crippen molar-refractivity contribution in [2.45, 2.75) is 31.8 Å². The summed E-state index contributed by atoms with van der Waals surface area (Å²) in [6.07, 6.45) is 1.17. The van der Waals surface area contributed by atoms with E-state index in [1.54, 1.807) is 0 Å². The minimum atomic E-state index is -0.788. The van der Waals surface area contributed by atoms with E-state index < -0.39 is 12.1 Å². The van der Waals surface area contributed by atoms with E-state index in [9.17, 15) is 9.59 Å². The fourth-order valence-corrected chi connectivity index (χ4v) is 1.73. The summed E-state index contributed by atoms with van der Waals surface area (Å²) in [5.41, 5.74) is 0. The van der Waals surface area contributed by atoms with Crippen LogP contribution in [0.2, 0.25) is 0 Å². The highest BCUT2D eigenvalue weighted by atomic mass is 35.5. The van der Waals surface area contributed by atoms with Crippen LogP contribution in [-0.4, -0.2) is 29.4 Å². The molecule has 0 aromatic heterocycles. The summed E-state index contributed by atoms with van der Waals surface area (Å²) in [5, 5.41) is 8.74. The Bertz CT molecular complexity index is 235. The number of carbonyl (C=O) groups excluding carboxylic acids is 1. The van der Waals surface area contributed by atoms with Gasteiger partial charge in [-0.05, 0) is 25.7 Å². The Hall–Kier alpha value is -0.970. The van der Waals surface area contributed by atoms with Crippen LogP contribution in [0.5, 0.6) is 0 Å². The van der Waals surface area contributed by atoms with Crippen molar-refractivity contribution in [1.29, 1.82) is 0 Å². The molecular formula is C9H13ClO5. The van der Waals surface area contributed by atoms with E-state index in [2.05, 4.69) is 4.74 Å². The highest BCUT2D eigenvalue weighted by molar-refractivity contribution is 6.17. The second-order valence-electron chi connectivity index (χ2n) is 3.43. The second-order valence-corrected chi connectivity index (χ2v) is 3.65. The first-order valence-corrected chi connectivity index (χ1v) is 5.29. The second kappa shape index (κ2) is 5.80. The van der Waals surface area contributed by atoms with Gasteiger partial charge in [0.25, 0.3) is 0 Å². The monoisotopic (exact) mass is 236 g/mol. The first-order chi connectivity index (χ1) is 7.13. The summed E-state index contributed by atoms with van der Waals surface area (Å²) in [6.45, 7) is 0. The van der Waals surface area contributed by atoms with Gasteiger partial charge in [0.1, 0.15) is 6.10 Å².